The van der Waals surface area contributed by atoms with Gasteiger partial charge in [0.2, 0.25) is 0 Å². The zero-order valence-corrected chi connectivity index (χ0v) is 24.3. The second-order valence-corrected chi connectivity index (χ2v) is 11.4. The maximum absolute atomic E-state index is 13.7. The molecule has 216 valence electrons. The molecule has 7 nitrogen and oxygen atoms in total. The molecule has 2 fully saturated rings. The number of nitrogens with zero attached hydrogens (tertiary/aromatic N) is 4. The highest BCUT2D eigenvalue weighted by molar-refractivity contribution is 6.09. The first-order chi connectivity index (χ1) is 20.6. The van der Waals surface area contributed by atoms with Crippen LogP contribution in [0.3, 0.4) is 0 Å². The summed E-state index contributed by atoms with van der Waals surface area (Å²) in [6, 6.07) is 17.8. The fourth-order valence-electron chi connectivity index (χ4n) is 6.52. The number of allylic oxidation sites excluding steroid dienone is 4. The van der Waals surface area contributed by atoms with Gasteiger partial charge in [0.05, 0.1) is 17.9 Å². The first kappa shape index (κ1) is 27.8. The molecule has 0 aromatic heterocycles. The predicted octanol–water partition coefficient (Wildman–Crippen LogP) is 6.80. The largest absolute Gasteiger partial charge is 0.494 e. The number of benzene rings is 2. The Balaban J connectivity index is 1.19. The van der Waals surface area contributed by atoms with Crippen molar-refractivity contribution in [2.24, 2.45) is 10.9 Å². The van der Waals surface area contributed by atoms with E-state index in [4.69, 9.17) is 9.47 Å². The Kier molecular flexibility index (Phi) is 8.41. The smallest absolute Gasteiger partial charge is 0.305 e. The molecule has 6 rings (SSSR count). The summed E-state index contributed by atoms with van der Waals surface area (Å²) < 4.78 is 11.7. The van der Waals surface area contributed by atoms with E-state index in [2.05, 4.69) is 34.2 Å². The molecular formula is C35H38N4O3. The van der Waals surface area contributed by atoms with E-state index in [9.17, 15) is 10.1 Å². The lowest BCUT2D eigenvalue weighted by Gasteiger charge is -2.41. The zero-order chi connectivity index (χ0) is 28.9. The SMILES string of the molecule is CCOc1ccc(CCCCN2C(=O)/C(=C\C3C=C4CCCN5CCCC(=C45)C3)O/C2=N\c2ccccc2C#N)cc1. The molecule has 4 aliphatic rings. The second kappa shape index (κ2) is 12.7. The van der Waals surface area contributed by atoms with Crippen molar-refractivity contribution in [1.82, 2.24) is 9.80 Å². The molecule has 7 heteroatoms. The Morgan fingerprint density at radius 2 is 1.90 bits per heavy atom. The Bertz CT molecular complexity index is 1490. The fraction of sp³-hybridized carbons (Fsp3) is 0.400. The zero-order valence-electron chi connectivity index (χ0n) is 24.3. The van der Waals surface area contributed by atoms with Crippen LogP contribution < -0.4 is 4.74 Å². The van der Waals surface area contributed by atoms with Gasteiger partial charge < -0.3 is 14.4 Å². The van der Waals surface area contributed by atoms with E-state index >= 15 is 0 Å². The normalized spacial score (nSPS) is 21.8. The number of carbonyl (C=O) groups excluding carboxylic acids is 1. The lowest BCUT2D eigenvalue weighted by Crippen LogP contribution is -2.36. The first-order valence-corrected chi connectivity index (χ1v) is 15.3. The average molecular weight is 563 g/mol. The lowest BCUT2D eigenvalue weighted by atomic mass is 9.80. The number of ether oxygens (including phenoxy) is 2. The predicted molar refractivity (Wildman–Crippen MR) is 163 cm³/mol. The monoisotopic (exact) mass is 562 g/mol. The number of para-hydroxylation sites is 1. The molecule has 1 atom stereocenters. The summed E-state index contributed by atoms with van der Waals surface area (Å²) in [4.78, 5) is 22.6. The van der Waals surface area contributed by atoms with E-state index in [0.717, 1.165) is 57.4 Å². The highest BCUT2D eigenvalue weighted by Gasteiger charge is 2.36. The number of aliphatic imine (C=N–C) groups is 1. The van der Waals surface area contributed by atoms with Crippen molar-refractivity contribution in [1.29, 1.82) is 5.26 Å². The number of nitriles is 1. The number of hydrogen-bond acceptors (Lipinski definition) is 6. The molecule has 0 spiro atoms. The molecule has 3 aliphatic heterocycles. The number of unbranched alkanes of at least 4 members (excludes halogenated alkanes) is 1. The van der Waals surface area contributed by atoms with E-state index in [0.29, 0.717) is 30.2 Å². The van der Waals surface area contributed by atoms with Gasteiger partial charge >= 0.3 is 6.02 Å². The molecule has 2 aromatic carbocycles. The number of piperidine rings is 1. The van der Waals surface area contributed by atoms with Crippen LogP contribution in [0, 0.1) is 17.2 Å². The van der Waals surface area contributed by atoms with Gasteiger partial charge in [-0.2, -0.15) is 10.3 Å². The van der Waals surface area contributed by atoms with Gasteiger partial charge in [-0.25, -0.2) is 0 Å². The van der Waals surface area contributed by atoms with Crippen molar-refractivity contribution in [2.75, 3.05) is 26.2 Å². The minimum atomic E-state index is -0.156. The molecule has 3 heterocycles. The average Bonchev–Trinajstić information content (AvgIpc) is 3.29. The molecule has 1 unspecified atom stereocenters. The summed E-state index contributed by atoms with van der Waals surface area (Å²) in [5.41, 5.74) is 6.62. The van der Waals surface area contributed by atoms with Gasteiger partial charge in [0.1, 0.15) is 11.8 Å². The van der Waals surface area contributed by atoms with Gasteiger partial charge in [-0.05, 0) is 105 Å². The molecule has 0 bridgehead atoms. The van der Waals surface area contributed by atoms with E-state index < -0.39 is 0 Å². The molecular weight excluding hydrogens is 524 g/mol. The molecule has 2 saturated heterocycles. The van der Waals surface area contributed by atoms with Gasteiger partial charge in [-0.1, -0.05) is 30.3 Å². The Labute approximate surface area is 248 Å². The number of aryl methyl sites for hydroxylation is 1. The van der Waals surface area contributed by atoms with Crippen LogP contribution in [0.2, 0.25) is 0 Å². The van der Waals surface area contributed by atoms with Gasteiger partial charge in [-0.3, -0.25) is 9.69 Å². The maximum Gasteiger partial charge on any atom is 0.305 e. The molecule has 0 N–H and O–H groups in total. The standard InChI is InChI=1S/C35H38N4O3/c1-2-41-30-16-14-25(15-17-30)9-5-6-20-39-34(40)32(42-35(39)37-31-13-4-3-10-29(31)24-36)23-26-21-27-11-7-18-38-19-8-12-28(22-26)33(27)38/h3-4,10,13-17,21,23,26H,2,5-9,11-12,18-20,22H2,1H3/b32-23+,37-35-. The first-order valence-electron chi connectivity index (χ1n) is 15.3. The summed E-state index contributed by atoms with van der Waals surface area (Å²) in [6.45, 7) is 5.44. The molecule has 1 amide bonds. The van der Waals surface area contributed by atoms with Crippen molar-refractivity contribution >= 4 is 17.6 Å². The van der Waals surface area contributed by atoms with E-state index in [1.54, 1.807) is 17.0 Å². The van der Waals surface area contributed by atoms with E-state index in [-0.39, 0.29) is 17.8 Å². The van der Waals surface area contributed by atoms with Crippen molar-refractivity contribution in [3.05, 3.63) is 94.4 Å². The van der Waals surface area contributed by atoms with Crippen molar-refractivity contribution < 1.29 is 14.3 Å². The van der Waals surface area contributed by atoms with Crippen LogP contribution in [-0.4, -0.2) is 48.0 Å². The van der Waals surface area contributed by atoms with Crippen LogP contribution in [0.4, 0.5) is 5.69 Å². The Hall–Kier alpha value is -4.31. The summed E-state index contributed by atoms with van der Waals surface area (Å²) in [5.74, 6) is 1.19. The van der Waals surface area contributed by atoms with E-state index in [1.165, 1.54) is 35.2 Å². The number of rotatable bonds is 9. The van der Waals surface area contributed by atoms with Crippen LogP contribution in [0.1, 0.15) is 63.0 Å². The summed E-state index contributed by atoms with van der Waals surface area (Å²) >= 11 is 0. The van der Waals surface area contributed by atoms with Crippen molar-refractivity contribution in [2.45, 2.75) is 58.3 Å². The lowest BCUT2D eigenvalue weighted by molar-refractivity contribution is -0.123. The minimum Gasteiger partial charge on any atom is -0.494 e. The molecule has 0 radical (unpaired) electrons. The van der Waals surface area contributed by atoms with Gasteiger partial charge in [0, 0.05) is 31.2 Å². The fourth-order valence-corrected chi connectivity index (χ4v) is 6.52. The van der Waals surface area contributed by atoms with Crippen molar-refractivity contribution in [3.8, 4) is 11.8 Å². The topological polar surface area (TPSA) is 78.2 Å². The number of carbonyl (C=O) groups is 1. The number of hydrogen-bond donors (Lipinski definition) is 0. The van der Waals surface area contributed by atoms with E-state index in [1.807, 2.05) is 37.3 Å². The summed E-state index contributed by atoms with van der Waals surface area (Å²) in [7, 11) is 0. The molecule has 1 aliphatic carbocycles. The summed E-state index contributed by atoms with van der Waals surface area (Å²) in [6.07, 6.45) is 12.5. The number of amidine groups is 1. The minimum absolute atomic E-state index is 0.128. The highest BCUT2D eigenvalue weighted by Crippen LogP contribution is 2.42. The third-order valence-electron chi connectivity index (χ3n) is 8.46. The van der Waals surface area contributed by atoms with Gasteiger partial charge in [-0.15, -0.1) is 0 Å². The quantitative estimate of drug-likeness (QED) is 0.248. The molecule has 2 aromatic rings. The van der Waals surface area contributed by atoms with Crippen LogP contribution in [0.5, 0.6) is 5.75 Å². The molecule has 42 heavy (non-hydrogen) atoms. The third kappa shape index (κ3) is 5.99. The van der Waals surface area contributed by atoms with Crippen LogP contribution in [-0.2, 0) is 16.0 Å². The van der Waals surface area contributed by atoms with Crippen molar-refractivity contribution in [3.63, 3.8) is 0 Å². The Morgan fingerprint density at radius 1 is 1.10 bits per heavy atom. The van der Waals surface area contributed by atoms with Crippen LogP contribution in [0.15, 0.2) is 88.3 Å². The Morgan fingerprint density at radius 3 is 2.71 bits per heavy atom. The van der Waals surface area contributed by atoms with Crippen LogP contribution >= 0.6 is 0 Å². The third-order valence-corrected chi connectivity index (χ3v) is 8.46. The van der Waals surface area contributed by atoms with Gasteiger partial charge in [0.25, 0.3) is 5.91 Å². The highest BCUT2D eigenvalue weighted by atomic mass is 16.5. The number of amides is 1. The maximum atomic E-state index is 13.7. The summed E-state index contributed by atoms with van der Waals surface area (Å²) in [5, 5.41) is 9.60. The molecule has 0 saturated carbocycles. The second-order valence-electron chi connectivity index (χ2n) is 11.4. The van der Waals surface area contributed by atoms with Gasteiger partial charge in [0.15, 0.2) is 5.76 Å². The van der Waals surface area contributed by atoms with Crippen LogP contribution in [0.25, 0.3) is 0 Å².